The van der Waals surface area contributed by atoms with Crippen molar-refractivity contribution < 1.29 is 15.0 Å². The van der Waals surface area contributed by atoms with Crippen molar-refractivity contribution in [3.8, 4) is 5.75 Å². The van der Waals surface area contributed by atoms with Crippen LogP contribution in [0.15, 0.2) is 24.3 Å². The van der Waals surface area contributed by atoms with Crippen molar-refractivity contribution in [2.24, 2.45) is 17.8 Å². The van der Waals surface area contributed by atoms with Gasteiger partial charge in [0.1, 0.15) is 5.75 Å². The molecule has 3 N–H and O–H groups in total. The zero-order valence-electron chi connectivity index (χ0n) is 11.5. The van der Waals surface area contributed by atoms with Gasteiger partial charge in [-0.15, -0.1) is 0 Å². The number of benzene rings is 1. The fourth-order valence-electron chi connectivity index (χ4n) is 3.93. The van der Waals surface area contributed by atoms with Crippen LogP contribution in [-0.2, 0) is 11.2 Å². The minimum atomic E-state index is 0.00619. The summed E-state index contributed by atoms with van der Waals surface area (Å²) >= 11 is 0. The number of nitrogens with one attached hydrogen (secondary N) is 1. The summed E-state index contributed by atoms with van der Waals surface area (Å²) in [4.78, 5) is 12.1. The van der Waals surface area contributed by atoms with Gasteiger partial charge in [0.25, 0.3) is 0 Å². The lowest BCUT2D eigenvalue weighted by molar-refractivity contribution is -0.122. The molecule has 4 atom stereocenters. The van der Waals surface area contributed by atoms with E-state index in [9.17, 15) is 15.0 Å². The minimum absolute atomic E-state index is 0.00619. The van der Waals surface area contributed by atoms with Gasteiger partial charge < -0.3 is 15.5 Å². The minimum Gasteiger partial charge on any atom is -0.508 e. The summed E-state index contributed by atoms with van der Waals surface area (Å²) in [6, 6.07) is 6.86. The molecule has 2 aliphatic rings. The largest absolute Gasteiger partial charge is 0.508 e. The molecule has 1 amide bonds. The molecule has 2 bridgehead atoms. The second-order valence-electron chi connectivity index (χ2n) is 6.12. The Labute approximate surface area is 118 Å². The van der Waals surface area contributed by atoms with E-state index >= 15 is 0 Å². The van der Waals surface area contributed by atoms with E-state index in [4.69, 9.17) is 0 Å². The number of aliphatic hydroxyl groups is 1. The molecule has 2 aliphatic carbocycles. The molecule has 4 nitrogen and oxygen atoms in total. The molecular formula is C16H21NO3. The Morgan fingerprint density at radius 3 is 2.60 bits per heavy atom. The lowest BCUT2D eigenvalue weighted by Gasteiger charge is -2.30. The molecule has 0 heterocycles. The Balaban J connectivity index is 1.60. The van der Waals surface area contributed by atoms with Crippen molar-refractivity contribution in [3.63, 3.8) is 0 Å². The van der Waals surface area contributed by atoms with Gasteiger partial charge in [0, 0.05) is 18.6 Å². The molecule has 0 spiro atoms. The quantitative estimate of drug-likeness (QED) is 0.779. The number of rotatable bonds is 4. The number of fused-ring (bicyclic) bond motifs is 2. The number of carbonyl (C=O) groups is 1. The van der Waals surface area contributed by atoms with Crippen molar-refractivity contribution >= 4 is 5.91 Å². The summed E-state index contributed by atoms with van der Waals surface area (Å²) in [5.41, 5.74) is 0.893. The van der Waals surface area contributed by atoms with Crippen LogP contribution >= 0.6 is 0 Å². The van der Waals surface area contributed by atoms with E-state index in [2.05, 4.69) is 5.32 Å². The highest BCUT2D eigenvalue weighted by Gasteiger charge is 2.47. The summed E-state index contributed by atoms with van der Waals surface area (Å²) in [6.45, 7) is 0.172. The van der Waals surface area contributed by atoms with Gasteiger partial charge in [-0.05, 0) is 48.8 Å². The van der Waals surface area contributed by atoms with Crippen molar-refractivity contribution in [1.82, 2.24) is 5.32 Å². The van der Waals surface area contributed by atoms with E-state index in [0.717, 1.165) is 12.0 Å². The molecule has 4 heteroatoms. The maximum atomic E-state index is 12.1. The molecule has 3 rings (SSSR count). The van der Waals surface area contributed by atoms with E-state index < -0.39 is 0 Å². The van der Waals surface area contributed by atoms with Crippen LogP contribution < -0.4 is 5.32 Å². The summed E-state index contributed by atoms with van der Waals surface area (Å²) in [6.07, 6.45) is 3.84. The Hall–Kier alpha value is -1.55. The fraction of sp³-hybridized carbons (Fsp3) is 0.562. The molecular weight excluding hydrogens is 254 g/mol. The molecule has 0 aliphatic heterocycles. The number of phenolic OH excluding ortho intramolecular Hbond substituents is 1. The first-order chi connectivity index (χ1) is 9.67. The molecule has 1 aromatic carbocycles. The number of aromatic hydroxyl groups is 1. The standard InChI is InChI=1S/C16H21NO3/c18-9-14-11-3-4-12(8-11)16(14)17-15(20)7-10-1-5-13(19)6-2-10/h1-2,5-6,11-12,14,16,18-19H,3-4,7-9H2,(H,17,20). The maximum absolute atomic E-state index is 12.1. The van der Waals surface area contributed by atoms with Gasteiger partial charge in [-0.3, -0.25) is 4.79 Å². The van der Waals surface area contributed by atoms with Crippen molar-refractivity contribution in [2.45, 2.75) is 31.7 Å². The Bertz CT molecular complexity index is 485. The molecule has 0 saturated heterocycles. The lowest BCUT2D eigenvalue weighted by atomic mass is 9.85. The highest BCUT2D eigenvalue weighted by Crippen LogP contribution is 2.48. The average molecular weight is 275 g/mol. The van der Waals surface area contributed by atoms with E-state index in [1.165, 1.54) is 12.8 Å². The van der Waals surface area contributed by atoms with Crippen LogP contribution in [0, 0.1) is 17.8 Å². The number of hydrogen-bond acceptors (Lipinski definition) is 3. The maximum Gasteiger partial charge on any atom is 0.224 e. The molecule has 2 saturated carbocycles. The van der Waals surface area contributed by atoms with Crippen LogP contribution in [0.1, 0.15) is 24.8 Å². The summed E-state index contributed by atoms with van der Waals surface area (Å²) < 4.78 is 0. The van der Waals surface area contributed by atoms with Crippen LogP contribution in [0.2, 0.25) is 0 Å². The third-order valence-corrected chi connectivity index (χ3v) is 4.93. The van der Waals surface area contributed by atoms with Gasteiger partial charge in [0.2, 0.25) is 5.91 Å². The third-order valence-electron chi connectivity index (χ3n) is 4.93. The predicted molar refractivity (Wildman–Crippen MR) is 75.1 cm³/mol. The molecule has 0 radical (unpaired) electrons. The number of carbonyl (C=O) groups excluding carboxylic acids is 1. The molecule has 2 fully saturated rings. The second kappa shape index (κ2) is 5.44. The van der Waals surface area contributed by atoms with Gasteiger partial charge in [-0.25, -0.2) is 0 Å². The first-order valence-corrected chi connectivity index (χ1v) is 7.35. The summed E-state index contributed by atoms with van der Waals surface area (Å²) in [5, 5.41) is 21.9. The first-order valence-electron chi connectivity index (χ1n) is 7.35. The summed E-state index contributed by atoms with van der Waals surface area (Å²) in [7, 11) is 0. The Kier molecular flexibility index (Phi) is 3.66. The van der Waals surface area contributed by atoms with E-state index in [1.807, 2.05) is 0 Å². The van der Waals surface area contributed by atoms with Crippen molar-refractivity contribution in [3.05, 3.63) is 29.8 Å². The van der Waals surface area contributed by atoms with E-state index in [1.54, 1.807) is 24.3 Å². The molecule has 20 heavy (non-hydrogen) atoms. The number of amides is 1. The summed E-state index contributed by atoms with van der Waals surface area (Å²) in [5.74, 6) is 1.58. The molecule has 1 aromatic rings. The monoisotopic (exact) mass is 275 g/mol. The average Bonchev–Trinajstić information content (AvgIpc) is 3.02. The van der Waals surface area contributed by atoms with Crippen LogP contribution in [-0.4, -0.2) is 28.8 Å². The first kappa shape index (κ1) is 13.4. The SMILES string of the molecule is O=C(Cc1ccc(O)cc1)NC1C2CCC(C2)C1CO. The van der Waals surface area contributed by atoms with Gasteiger partial charge >= 0.3 is 0 Å². The number of aliphatic hydroxyl groups excluding tert-OH is 1. The van der Waals surface area contributed by atoms with Crippen LogP contribution in [0.4, 0.5) is 0 Å². The zero-order chi connectivity index (χ0) is 14.1. The smallest absolute Gasteiger partial charge is 0.224 e. The zero-order valence-corrected chi connectivity index (χ0v) is 11.5. The van der Waals surface area contributed by atoms with Crippen molar-refractivity contribution in [1.29, 1.82) is 0 Å². The Morgan fingerprint density at radius 1 is 1.20 bits per heavy atom. The second-order valence-corrected chi connectivity index (χ2v) is 6.12. The highest BCUT2D eigenvalue weighted by atomic mass is 16.3. The van der Waals surface area contributed by atoms with E-state index in [-0.39, 0.29) is 30.2 Å². The number of phenols is 1. The fourth-order valence-corrected chi connectivity index (χ4v) is 3.93. The third kappa shape index (κ3) is 2.52. The molecule has 4 unspecified atom stereocenters. The van der Waals surface area contributed by atoms with Gasteiger partial charge in [-0.2, -0.15) is 0 Å². The lowest BCUT2D eigenvalue weighted by Crippen LogP contribution is -2.45. The van der Waals surface area contributed by atoms with Crippen molar-refractivity contribution in [2.75, 3.05) is 6.61 Å². The topological polar surface area (TPSA) is 69.6 Å². The predicted octanol–water partition coefficient (Wildman–Crippen LogP) is 1.46. The van der Waals surface area contributed by atoms with Gasteiger partial charge in [-0.1, -0.05) is 12.1 Å². The van der Waals surface area contributed by atoms with Crippen LogP contribution in [0.3, 0.4) is 0 Å². The molecule has 0 aromatic heterocycles. The van der Waals surface area contributed by atoms with Crippen LogP contribution in [0.25, 0.3) is 0 Å². The van der Waals surface area contributed by atoms with Crippen LogP contribution in [0.5, 0.6) is 5.75 Å². The molecule has 108 valence electrons. The van der Waals surface area contributed by atoms with Gasteiger partial charge in [0.05, 0.1) is 6.42 Å². The number of hydrogen-bond donors (Lipinski definition) is 3. The highest BCUT2D eigenvalue weighted by molar-refractivity contribution is 5.79. The van der Waals surface area contributed by atoms with E-state index in [0.29, 0.717) is 18.3 Å². The normalized spacial score (nSPS) is 31.4. The van der Waals surface area contributed by atoms with Gasteiger partial charge in [0.15, 0.2) is 0 Å². The Morgan fingerprint density at radius 2 is 1.90 bits per heavy atom.